The Labute approximate surface area is 238 Å². The lowest BCUT2D eigenvalue weighted by atomic mass is 9.84. The number of benzene rings is 1. The number of carbonyl (C=O) groups is 2. The summed E-state index contributed by atoms with van der Waals surface area (Å²) < 4.78 is 29.4. The van der Waals surface area contributed by atoms with Gasteiger partial charge < -0.3 is 9.67 Å². The van der Waals surface area contributed by atoms with Crippen molar-refractivity contribution in [1.82, 2.24) is 24.2 Å². The first-order chi connectivity index (χ1) is 18.3. The smallest absolute Gasteiger partial charge is 0.408 e. The van der Waals surface area contributed by atoms with Crippen LogP contribution in [0.3, 0.4) is 0 Å². The lowest BCUT2D eigenvalue weighted by Gasteiger charge is -2.42. The van der Waals surface area contributed by atoms with Crippen molar-refractivity contribution < 1.29 is 23.1 Å². The molecule has 2 heterocycles. The Morgan fingerprint density at radius 3 is 2.44 bits per heavy atom. The normalized spacial score (nSPS) is 13.8. The van der Waals surface area contributed by atoms with E-state index in [0.717, 1.165) is 11.3 Å². The minimum Gasteiger partial charge on any atom is -0.465 e. The number of ketones is 1. The molecule has 0 aliphatic rings. The Morgan fingerprint density at radius 1 is 1.15 bits per heavy atom. The maximum atomic E-state index is 13.5. The monoisotopic (exact) mass is 597 g/mol. The fraction of sp³-hybridized carbons (Fsp3) is 0.462. The highest BCUT2D eigenvalue weighted by molar-refractivity contribution is 7.89. The molecule has 10 nitrogen and oxygen atoms in total. The first-order valence-corrected chi connectivity index (χ1v) is 14.7. The van der Waals surface area contributed by atoms with Crippen LogP contribution in [-0.4, -0.2) is 63.5 Å². The largest absolute Gasteiger partial charge is 0.465 e. The highest BCUT2D eigenvalue weighted by Crippen LogP contribution is 2.32. The van der Waals surface area contributed by atoms with Gasteiger partial charge in [-0.3, -0.25) is 9.69 Å². The van der Waals surface area contributed by atoms with Crippen LogP contribution < -0.4 is 4.72 Å². The number of rotatable bonds is 12. The zero-order valence-corrected chi connectivity index (χ0v) is 24.6. The molecule has 0 radical (unpaired) electrons. The Bertz CT molecular complexity index is 1420. The van der Waals surface area contributed by atoms with Crippen LogP contribution in [0.4, 0.5) is 4.79 Å². The summed E-state index contributed by atoms with van der Waals surface area (Å²) in [6.45, 7) is 7.21. The van der Waals surface area contributed by atoms with Gasteiger partial charge in [0.2, 0.25) is 0 Å². The summed E-state index contributed by atoms with van der Waals surface area (Å²) in [7, 11) is -4.06. The number of aromatic nitrogens is 3. The van der Waals surface area contributed by atoms with E-state index in [-0.39, 0.29) is 18.0 Å². The molecule has 2 aromatic heterocycles. The van der Waals surface area contributed by atoms with Crippen molar-refractivity contribution in [3.63, 3.8) is 0 Å². The van der Waals surface area contributed by atoms with Crippen LogP contribution in [0.25, 0.3) is 11.0 Å². The number of pyridine rings is 1. The number of fused-ring (bicyclic) bond motifs is 1. The Hall–Kier alpha value is -2.73. The fourth-order valence-corrected chi connectivity index (χ4v) is 5.62. The molecule has 0 bridgehead atoms. The first-order valence-electron chi connectivity index (χ1n) is 12.5. The maximum Gasteiger partial charge on any atom is 0.408 e. The van der Waals surface area contributed by atoms with Gasteiger partial charge in [-0.25, -0.2) is 27.9 Å². The highest BCUT2D eigenvalue weighted by Gasteiger charge is 2.41. The van der Waals surface area contributed by atoms with Crippen LogP contribution in [0.2, 0.25) is 10.0 Å². The van der Waals surface area contributed by atoms with Crippen molar-refractivity contribution in [3.8, 4) is 0 Å². The first kappa shape index (κ1) is 30.8. The van der Waals surface area contributed by atoms with Gasteiger partial charge in [0.25, 0.3) is 10.0 Å². The van der Waals surface area contributed by atoms with Crippen molar-refractivity contribution in [2.24, 2.45) is 5.41 Å². The predicted molar refractivity (Wildman–Crippen MR) is 151 cm³/mol. The molecule has 0 fully saturated rings. The molecule has 13 heteroatoms. The second-order valence-electron chi connectivity index (χ2n) is 10.3. The van der Waals surface area contributed by atoms with Gasteiger partial charge in [-0.15, -0.1) is 0 Å². The Kier molecular flexibility index (Phi) is 9.98. The molecule has 2 atom stereocenters. The van der Waals surface area contributed by atoms with Crippen LogP contribution in [0.15, 0.2) is 47.9 Å². The minimum atomic E-state index is -4.06. The van der Waals surface area contributed by atoms with Gasteiger partial charge in [-0.1, -0.05) is 69.8 Å². The van der Waals surface area contributed by atoms with Crippen molar-refractivity contribution in [2.45, 2.75) is 70.6 Å². The van der Waals surface area contributed by atoms with E-state index < -0.39 is 45.9 Å². The van der Waals surface area contributed by atoms with Gasteiger partial charge in [-0.2, -0.15) is 0 Å². The maximum absolute atomic E-state index is 13.5. The number of amides is 1. The lowest BCUT2D eigenvalue weighted by molar-refractivity contribution is -0.124. The molecule has 0 aliphatic carbocycles. The number of Topliss-reactive ketones (excluding diaryl/α,β-unsaturated/α-hetero) is 1. The van der Waals surface area contributed by atoms with Crippen molar-refractivity contribution in [3.05, 3.63) is 52.9 Å². The third-order valence-corrected chi connectivity index (χ3v) is 8.52. The molecular weight excluding hydrogens is 565 g/mol. The summed E-state index contributed by atoms with van der Waals surface area (Å²) in [5, 5.41) is 10.9. The molecule has 3 aromatic rings. The second kappa shape index (κ2) is 12.6. The number of nitrogens with zero attached hydrogens (tertiary/aromatic N) is 4. The topological polar surface area (TPSA) is 134 Å². The number of carboxylic acid groups (broad SMARTS) is 1. The summed E-state index contributed by atoms with van der Waals surface area (Å²) in [6.07, 6.45) is 3.18. The van der Waals surface area contributed by atoms with Crippen LogP contribution in [-0.2, 0) is 21.4 Å². The summed E-state index contributed by atoms with van der Waals surface area (Å²) >= 11 is 12.4. The lowest BCUT2D eigenvalue weighted by Crippen LogP contribution is -2.57. The van der Waals surface area contributed by atoms with E-state index in [1.165, 1.54) is 18.3 Å². The van der Waals surface area contributed by atoms with Crippen molar-refractivity contribution >= 4 is 56.1 Å². The molecule has 2 N–H and O–H groups in total. The van der Waals surface area contributed by atoms with Crippen LogP contribution in [0.1, 0.15) is 47.0 Å². The SMILES string of the molecule is CCCC[C@@H](C(=O)CNS(=O)(=O)c1ccccn1)N(C(=O)O)[C@H](Cn1cnc2cc(Cl)c(Cl)cc21)C(C)(C)C. The van der Waals surface area contributed by atoms with E-state index in [4.69, 9.17) is 23.2 Å². The zero-order chi connectivity index (χ0) is 29.0. The van der Waals surface area contributed by atoms with E-state index in [1.807, 2.05) is 27.7 Å². The molecular formula is C26H33Cl2N5O5S. The van der Waals surface area contributed by atoms with E-state index in [0.29, 0.717) is 27.5 Å². The summed E-state index contributed by atoms with van der Waals surface area (Å²) in [5.74, 6) is -0.551. The predicted octanol–water partition coefficient (Wildman–Crippen LogP) is 5.24. The molecule has 1 aromatic carbocycles. The van der Waals surface area contributed by atoms with Crippen LogP contribution in [0, 0.1) is 5.41 Å². The summed E-state index contributed by atoms with van der Waals surface area (Å²) in [6, 6.07) is 5.96. The standard InChI is InChI=1S/C26H33Cl2N5O5S/c1-5-6-9-20(22(34)14-31-39(37,38)24-10-7-8-11-29-24)33(25(35)36)23(26(2,3)4)15-32-16-30-19-12-17(27)18(28)13-21(19)32/h7-8,10-13,16,20,23,31H,5-6,9,14-15H2,1-4H3,(H,35,36)/t20-,23+/m0/s1. The third-order valence-electron chi connectivity index (χ3n) is 6.48. The summed E-state index contributed by atoms with van der Waals surface area (Å²) in [4.78, 5) is 35.6. The van der Waals surface area contributed by atoms with E-state index in [2.05, 4.69) is 14.7 Å². The number of carbonyl (C=O) groups excluding carboxylic acids is 1. The number of unbranched alkanes of at least 4 members (excludes halogenated alkanes) is 1. The van der Waals surface area contributed by atoms with Gasteiger partial charge in [0, 0.05) is 12.7 Å². The number of hydrogen-bond acceptors (Lipinski definition) is 6. The third kappa shape index (κ3) is 7.47. The number of nitrogens with one attached hydrogen (secondary N) is 1. The zero-order valence-electron chi connectivity index (χ0n) is 22.3. The molecule has 39 heavy (non-hydrogen) atoms. The molecule has 1 amide bonds. The van der Waals surface area contributed by atoms with Gasteiger partial charge >= 0.3 is 6.09 Å². The van der Waals surface area contributed by atoms with Crippen molar-refractivity contribution in [2.75, 3.05) is 6.54 Å². The van der Waals surface area contributed by atoms with E-state index in [1.54, 1.807) is 29.1 Å². The summed E-state index contributed by atoms with van der Waals surface area (Å²) in [5.41, 5.74) is 0.661. The van der Waals surface area contributed by atoms with E-state index in [9.17, 15) is 23.1 Å². The molecule has 0 saturated carbocycles. The number of halogens is 2. The molecule has 3 rings (SSSR count). The second-order valence-corrected chi connectivity index (χ2v) is 12.9. The van der Waals surface area contributed by atoms with Crippen LogP contribution in [0.5, 0.6) is 0 Å². The molecule has 0 spiro atoms. The Morgan fingerprint density at radius 2 is 1.85 bits per heavy atom. The molecule has 0 saturated heterocycles. The fourth-order valence-electron chi connectivity index (χ4n) is 4.36. The van der Waals surface area contributed by atoms with Crippen molar-refractivity contribution in [1.29, 1.82) is 0 Å². The average molecular weight is 599 g/mol. The highest BCUT2D eigenvalue weighted by atomic mass is 35.5. The van der Waals surface area contributed by atoms with Gasteiger partial charge in [0.1, 0.15) is 0 Å². The van der Waals surface area contributed by atoms with Gasteiger partial charge in [0.05, 0.1) is 46.0 Å². The van der Waals surface area contributed by atoms with Crippen LogP contribution >= 0.6 is 23.2 Å². The van der Waals surface area contributed by atoms with Gasteiger partial charge in [-0.05, 0) is 36.1 Å². The number of hydrogen-bond donors (Lipinski definition) is 2. The molecule has 0 unspecified atom stereocenters. The van der Waals surface area contributed by atoms with E-state index >= 15 is 0 Å². The number of imidazole rings is 1. The minimum absolute atomic E-state index is 0.180. The van der Waals surface area contributed by atoms with Gasteiger partial charge in [0.15, 0.2) is 10.8 Å². The average Bonchev–Trinajstić information content (AvgIpc) is 3.25. The molecule has 0 aliphatic heterocycles. The molecule has 212 valence electrons. The number of sulfonamides is 1. The Balaban J connectivity index is 1.96. The quantitative estimate of drug-likeness (QED) is 0.291.